The molecule has 0 spiro atoms. The van der Waals surface area contributed by atoms with E-state index in [4.69, 9.17) is 5.73 Å². The molecule has 0 aliphatic heterocycles. The van der Waals surface area contributed by atoms with E-state index in [1.165, 1.54) is 4.90 Å². The number of aliphatic hydroxyl groups is 1. The second-order valence-corrected chi connectivity index (χ2v) is 4.36. The summed E-state index contributed by atoms with van der Waals surface area (Å²) in [6.45, 7) is 3.38. The summed E-state index contributed by atoms with van der Waals surface area (Å²) >= 11 is 0. The second kappa shape index (κ2) is 4.50. The lowest BCUT2D eigenvalue weighted by molar-refractivity contribution is -0.384. The Morgan fingerprint density at radius 1 is 1.65 bits per heavy atom. The molecule has 0 fully saturated rings. The minimum absolute atomic E-state index is 0.0480. The van der Waals surface area contributed by atoms with Gasteiger partial charge in [-0.2, -0.15) is 4.98 Å². The number of likely N-dealkylation sites (N-methyl/N-ethyl adjacent to an activating group) is 1. The van der Waals surface area contributed by atoms with Crippen molar-refractivity contribution in [2.75, 3.05) is 24.2 Å². The van der Waals surface area contributed by atoms with Crippen LogP contribution in [0.2, 0.25) is 0 Å². The molecule has 0 aliphatic carbocycles. The maximum atomic E-state index is 10.8. The molecule has 8 heteroatoms. The molecule has 0 radical (unpaired) electrons. The summed E-state index contributed by atoms with van der Waals surface area (Å²) in [7, 11) is 1.59. The van der Waals surface area contributed by atoms with E-state index in [0.29, 0.717) is 0 Å². The average Bonchev–Trinajstić information content (AvgIpc) is 2.14. The Balaban J connectivity index is 3.10. The molecule has 0 atom stereocenters. The summed E-state index contributed by atoms with van der Waals surface area (Å²) in [5, 5.41) is 20.5. The molecule has 3 N–H and O–H groups in total. The smallest absolute Gasteiger partial charge is 0.329 e. The number of hydrogen-bond acceptors (Lipinski definition) is 7. The van der Waals surface area contributed by atoms with Crippen molar-refractivity contribution in [2.45, 2.75) is 19.4 Å². The zero-order valence-electron chi connectivity index (χ0n) is 9.91. The standard InChI is InChI=1S/C9H15N5O3/c1-9(2,15)5-13(3)7-6(14(16)17)4-11-8(10)12-7/h4,15H,5H2,1-3H3,(H2,10,11,12). The molecule has 1 rings (SSSR count). The highest BCUT2D eigenvalue weighted by atomic mass is 16.6. The number of nitrogen functional groups attached to an aromatic ring is 1. The Kier molecular flexibility index (Phi) is 3.47. The molecular weight excluding hydrogens is 226 g/mol. The highest BCUT2D eigenvalue weighted by molar-refractivity contribution is 5.58. The van der Waals surface area contributed by atoms with E-state index in [9.17, 15) is 15.2 Å². The number of aromatic nitrogens is 2. The van der Waals surface area contributed by atoms with Crippen LogP contribution in [0.4, 0.5) is 17.5 Å². The van der Waals surface area contributed by atoms with Crippen LogP contribution < -0.4 is 10.6 Å². The summed E-state index contributed by atoms with van der Waals surface area (Å²) in [4.78, 5) is 19.1. The summed E-state index contributed by atoms with van der Waals surface area (Å²) in [5.41, 5.74) is 4.15. The van der Waals surface area contributed by atoms with Gasteiger partial charge in [0.15, 0.2) is 0 Å². The van der Waals surface area contributed by atoms with Gasteiger partial charge in [-0.3, -0.25) is 10.1 Å². The van der Waals surface area contributed by atoms with Crippen molar-refractivity contribution in [3.05, 3.63) is 16.3 Å². The third-order valence-corrected chi connectivity index (χ3v) is 1.95. The number of nitro groups is 1. The Bertz CT molecular complexity index is 429. The molecular formula is C9H15N5O3. The minimum Gasteiger partial charge on any atom is -0.389 e. The lowest BCUT2D eigenvalue weighted by atomic mass is 10.1. The summed E-state index contributed by atoms with van der Waals surface area (Å²) in [6, 6.07) is 0. The fraction of sp³-hybridized carbons (Fsp3) is 0.556. The molecule has 1 heterocycles. The van der Waals surface area contributed by atoms with Gasteiger partial charge in [-0.05, 0) is 13.8 Å². The predicted molar refractivity (Wildman–Crippen MR) is 62.7 cm³/mol. The van der Waals surface area contributed by atoms with Gasteiger partial charge in [0.05, 0.1) is 10.5 Å². The first-order chi connectivity index (χ1) is 7.70. The van der Waals surface area contributed by atoms with Gasteiger partial charge in [0.2, 0.25) is 11.8 Å². The summed E-state index contributed by atoms with van der Waals surface area (Å²) in [6.07, 6.45) is 1.05. The first-order valence-corrected chi connectivity index (χ1v) is 4.91. The number of nitrogens with zero attached hydrogens (tertiary/aromatic N) is 4. The van der Waals surface area contributed by atoms with Crippen molar-refractivity contribution in [1.29, 1.82) is 0 Å². The van der Waals surface area contributed by atoms with Crippen molar-refractivity contribution in [3.63, 3.8) is 0 Å². The number of anilines is 2. The highest BCUT2D eigenvalue weighted by Crippen LogP contribution is 2.25. The molecule has 1 aromatic rings. The Hall–Kier alpha value is -1.96. The third kappa shape index (κ3) is 3.52. The van der Waals surface area contributed by atoms with Crippen LogP contribution in [0, 0.1) is 10.1 Å². The van der Waals surface area contributed by atoms with E-state index in [-0.39, 0.29) is 24.0 Å². The van der Waals surface area contributed by atoms with Gasteiger partial charge in [0.1, 0.15) is 6.20 Å². The molecule has 0 aromatic carbocycles. The van der Waals surface area contributed by atoms with Crippen LogP contribution in [0.15, 0.2) is 6.20 Å². The maximum Gasteiger partial charge on any atom is 0.329 e. The molecule has 0 unspecified atom stereocenters. The first-order valence-electron chi connectivity index (χ1n) is 4.91. The van der Waals surface area contributed by atoms with Crippen LogP contribution in [0.3, 0.4) is 0 Å². The van der Waals surface area contributed by atoms with E-state index in [1.54, 1.807) is 20.9 Å². The van der Waals surface area contributed by atoms with E-state index < -0.39 is 10.5 Å². The number of nitrogens with two attached hydrogens (primary N) is 1. The quantitative estimate of drug-likeness (QED) is 0.569. The molecule has 1 aromatic heterocycles. The van der Waals surface area contributed by atoms with E-state index in [0.717, 1.165) is 6.20 Å². The van der Waals surface area contributed by atoms with Crippen molar-refractivity contribution in [3.8, 4) is 0 Å². The Morgan fingerprint density at radius 2 is 2.24 bits per heavy atom. The average molecular weight is 241 g/mol. The molecule has 94 valence electrons. The van der Waals surface area contributed by atoms with Crippen LogP contribution in [-0.4, -0.2) is 39.2 Å². The predicted octanol–water partition coefficient (Wildman–Crippen LogP) is 0.174. The molecule has 17 heavy (non-hydrogen) atoms. The lowest BCUT2D eigenvalue weighted by Gasteiger charge is -2.25. The van der Waals surface area contributed by atoms with Gasteiger partial charge < -0.3 is 15.7 Å². The van der Waals surface area contributed by atoms with Gasteiger partial charge >= 0.3 is 5.69 Å². The zero-order valence-corrected chi connectivity index (χ0v) is 9.91. The molecule has 8 nitrogen and oxygen atoms in total. The number of hydrogen-bond donors (Lipinski definition) is 2. The summed E-state index contributed by atoms with van der Waals surface area (Å²) < 4.78 is 0. The van der Waals surface area contributed by atoms with E-state index in [2.05, 4.69) is 9.97 Å². The Labute approximate surface area is 98.2 Å². The minimum atomic E-state index is -0.998. The van der Waals surface area contributed by atoms with Crippen molar-refractivity contribution in [2.24, 2.45) is 0 Å². The van der Waals surface area contributed by atoms with Crippen molar-refractivity contribution >= 4 is 17.5 Å². The van der Waals surface area contributed by atoms with Crippen LogP contribution in [0.1, 0.15) is 13.8 Å². The van der Waals surface area contributed by atoms with Crippen LogP contribution in [-0.2, 0) is 0 Å². The fourth-order valence-corrected chi connectivity index (χ4v) is 1.44. The molecule has 0 amide bonds. The number of rotatable bonds is 4. The van der Waals surface area contributed by atoms with Crippen molar-refractivity contribution in [1.82, 2.24) is 9.97 Å². The van der Waals surface area contributed by atoms with E-state index >= 15 is 0 Å². The van der Waals surface area contributed by atoms with Gasteiger partial charge in [0, 0.05) is 13.6 Å². The van der Waals surface area contributed by atoms with Crippen LogP contribution in [0.25, 0.3) is 0 Å². The molecule has 0 saturated carbocycles. The second-order valence-electron chi connectivity index (χ2n) is 4.36. The van der Waals surface area contributed by atoms with Gasteiger partial charge in [-0.1, -0.05) is 0 Å². The highest BCUT2D eigenvalue weighted by Gasteiger charge is 2.24. The third-order valence-electron chi connectivity index (χ3n) is 1.95. The molecule has 0 aliphatic rings. The van der Waals surface area contributed by atoms with Crippen LogP contribution >= 0.6 is 0 Å². The first kappa shape index (κ1) is 13.1. The fourth-order valence-electron chi connectivity index (χ4n) is 1.44. The van der Waals surface area contributed by atoms with Gasteiger partial charge in [-0.15, -0.1) is 0 Å². The van der Waals surface area contributed by atoms with Gasteiger partial charge in [0.25, 0.3) is 0 Å². The normalized spacial score (nSPS) is 11.3. The molecule has 0 saturated heterocycles. The zero-order chi connectivity index (χ0) is 13.2. The molecule has 0 bridgehead atoms. The summed E-state index contributed by atoms with van der Waals surface area (Å²) in [5.74, 6) is 0.0396. The van der Waals surface area contributed by atoms with Crippen molar-refractivity contribution < 1.29 is 10.0 Å². The topological polar surface area (TPSA) is 118 Å². The largest absolute Gasteiger partial charge is 0.389 e. The Morgan fingerprint density at radius 3 is 2.71 bits per heavy atom. The van der Waals surface area contributed by atoms with E-state index in [1.807, 2.05) is 0 Å². The monoisotopic (exact) mass is 241 g/mol. The van der Waals surface area contributed by atoms with Gasteiger partial charge in [-0.25, -0.2) is 4.98 Å². The van der Waals surface area contributed by atoms with Crippen LogP contribution in [0.5, 0.6) is 0 Å². The maximum absolute atomic E-state index is 10.8. The SMILES string of the molecule is CN(CC(C)(C)O)c1nc(N)ncc1[N+](=O)[O-]. The lowest BCUT2D eigenvalue weighted by Crippen LogP contribution is -2.37.